The summed E-state index contributed by atoms with van der Waals surface area (Å²) < 4.78 is 11.1. The van der Waals surface area contributed by atoms with Crippen molar-refractivity contribution in [2.45, 2.75) is 51.7 Å². The first kappa shape index (κ1) is 23.7. The van der Waals surface area contributed by atoms with Crippen molar-refractivity contribution in [3.8, 4) is 5.75 Å². The van der Waals surface area contributed by atoms with Crippen LogP contribution in [-0.2, 0) is 15.1 Å². The van der Waals surface area contributed by atoms with Gasteiger partial charge in [0.15, 0.2) is 0 Å². The Morgan fingerprint density at radius 2 is 2.00 bits per heavy atom. The standard InChI is InChI=1S/C21H33NO4.ClH/c1-20(2,3)19(23)26-18-10-11-21(24,16(13-18)14-22(4)5)15-8-7-9-17(12-15)25-6;/h7-9,12,16,18,24H,10-11,13-14H2,1-6H3;1H. The van der Waals surface area contributed by atoms with Gasteiger partial charge in [-0.05, 0) is 71.8 Å². The van der Waals surface area contributed by atoms with Gasteiger partial charge in [0.25, 0.3) is 0 Å². The van der Waals surface area contributed by atoms with E-state index in [4.69, 9.17) is 9.47 Å². The highest BCUT2D eigenvalue weighted by molar-refractivity contribution is 5.85. The molecule has 3 unspecified atom stereocenters. The van der Waals surface area contributed by atoms with E-state index in [1.165, 1.54) is 0 Å². The molecule has 1 aromatic rings. The zero-order valence-electron chi connectivity index (χ0n) is 17.3. The largest absolute Gasteiger partial charge is 0.497 e. The lowest BCUT2D eigenvalue weighted by Gasteiger charge is -2.44. The van der Waals surface area contributed by atoms with E-state index in [-0.39, 0.29) is 30.4 Å². The number of methoxy groups -OCH3 is 1. The van der Waals surface area contributed by atoms with Crippen LogP contribution in [0, 0.1) is 11.3 Å². The van der Waals surface area contributed by atoms with Gasteiger partial charge >= 0.3 is 5.97 Å². The fraction of sp³-hybridized carbons (Fsp3) is 0.667. The van der Waals surface area contributed by atoms with Gasteiger partial charge < -0.3 is 19.5 Å². The molecule has 154 valence electrons. The Morgan fingerprint density at radius 3 is 2.56 bits per heavy atom. The first-order valence-corrected chi connectivity index (χ1v) is 9.29. The van der Waals surface area contributed by atoms with Crippen LogP contribution >= 0.6 is 12.4 Å². The number of carbonyl (C=O) groups is 1. The number of ether oxygens (including phenoxy) is 2. The van der Waals surface area contributed by atoms with E-state index in [2.05, 4.69) is 4.90 Å². The summed E-state index contributed by atoms with van der Waals surface area (Å²) in [5.41, 5.74) is -0.606. The number of hydrogen-bond donors (Lipinski definition) is 1. The maximum absolute atomic E-state index is 12.3. The second-order valence-electron chi connectivity index (χ2n) is 8.67. The molecule has 1 fully saturated rings. The Kier molecular flexibility index (Phi) is 8.14. The molecule has 5 nitrogen and oxygen atoms in total. The number of rotatable bonds is 5. The molecule has 0 radical (unpaired) electrons. The average molecular weight is 400 g/mol. The molecule has 0 saturated heterocycles. The third kappa shape index (κ3) is 5.84. The summed E-state index contributed by atoms with van der Waals surface area (Å²) >= 11 is 0. The van der Waals surface area contributed by atoms with Crippen molar-refractivity contribution in [3.05, 3.63) is 29.8 Å². The quantitative estimate of drug-likeness (QED) is 0.766. The Hall–Kier alpha value is -1.30. The number of aliphatic hydroxyl groups is 1. The first-order chi connectivity index (χ1) is 12.1. The molecule has 0 spiro atoms. The number of carbonyl (C=O) groups excluding carboxylic acids is 1. The fourth-order valence-electron chi connectivity index (χ4n) is 3.59. The smallest absolute Gasteiger partial charge is 0.311 e. The predicted octanol–water partition coefficient (Wildman–Crippen LogP) is 3.62. The van der Waals surface area contributed by atoms with E-state index in [0.29, 0.717) is 19.3 Å². The SMILES string of the molecule is COc1cccc(C2(O)CCC(OC(=O)C(C)(C)C)CC2CN(C)C)c1.Cl. The van der Waals surface area contributed by atoms with Crippen LogP contribution in [0.3, 0.4) is 0 Å². The van der Waals surface area contributed by atoms with Crippen LogP contribution in [0.2, 0.25) is 0 Å². The lowest BCUT2D eigenvalue weighted by atomic mass is 9.70. The van der Waals surface area contributed by atoms with E-state index < -0.39 is 11.0 Å². The van der Waals surface area contributed by atoms with Crippen molar-refractivity contribution in [2.75, 3.05) is 27.7 Å². The molecule has 2 rings (SSSR count). The minimum Gasteiger partial charge on any atom is -0.497 e. The molecule has 1 N–H and O–H groups in total. The van der Waals surface area contributed by atoms with E-state index in [1.54, 1.807) is 7.11 Å². The van der Waals surface area contributed by atoms with Crippen LogP contribution in [0.15, 0.2) is 24.3 Å². The molecule has 1 saturated carbocycles. The predicted molar refractivity (Wildman–Crippen MR) is 109 cm³/mol. The second kappa shape index (κ2) is 9.26. The third-order valence-corrected chi connectivity index (χ3v) is 5.11. The van der Waals surface area contributed by atoms with Gasteiger partial charge in [-0.15, -0.1) is 12.4 Å². The molecule has 1 aliphatic carbocycles. The van der Waals surface area contributed by atoms with Crippen molar-refractivity contribution in [1.82, 2.24) is 4.90 Å². The molecule has 0 bridgehead atoms. The molecule has 3 atom stereocenters. The van der Waals surface area contributed by atoms with Gasteiger partial charge in [-0.25, -0.2) is 0 Å². The van der Waals surface area contributed by atoms with Crippen molar-refractivity contribution in [1.29, 1.82) is 0 Å². The third-order valence-electron chi connectivity index (χ3n) is 5.11. The molecule has 0 aromatic heterocycles. The maximum atomic E-state index is 12.3. The Labute approximate surface area is 169 Å². The number of benzene rings is 1. The van der Waals surface area contributed by atoms with E-state index >= 15 is 0 Å². The van der Waals surface area contributed by atoms with Crippen LogP contribution in [-0.4, -0.2) is 49.8 Å². The van der Waals surface area contributed by atoms with Crippen LogP contribution in [0.5, 0.6) is 5.75 Å². The number of esters is 1. The number of nitrogens with zero attached hydrogens (tertiary/aromatic N) is 1. The molecule has 0 aliphatic heterocycles. The van der Waals surface area contributed by atoms with Crippen molar-refractivity contribution in [2.24, 2.45) is 11.3 Å². The molecule has 1 aliphatic rings. The highest BCUT2D eigenvalue weighted by Crippen LogP contribution is 2.44. The number of halogens is 1. The monoisotopic (exact) mass is 399 g/mol. The number of hydrogen-bond acceptors (Lipinski definition) is 5. The van der Waals surface area contributed by atoms with Crippen LogP contribution in [0.25, 0.3) is 0 Å². The van der Waals surface area contributed by atoms with Gasteiger partial charge in [-0.2, -0.15) is 0 Å². The summed E-state index contributed by atoms with van der Waals surface area (Å²) in [4.78, 5) is 14.3. The highest BCUT2D eigenvalue weighted by atomic mass is 35.5. The molecule has 6 heteroatoms. The van der Waals surface area contributed by atoms with E-state index in [0.717, 1.165) is 17.9 Å². The van der Waals surface area contributed by atoms with Crippen molar-refractivity contribution < 1.29 is 19.4 Å². The molecular weight excluding hydrogens is 366 g/mol. The van der Waals surface area contributed by atoms with E-state index in [9.17, 15) is 9.90 Å². The molecule has 27 heavy (non-hydrogen) atoms. The maximum Gasteiger partial charge on any atom is 0.311 e. The topological polar surface area (TPSA) is 59.0 Å². The Bertz CT molecular complexity index is 629. The summed E-state index contributed by atoms with van der Waals surface area (Å²) in [6, 6.07) is 7.64. The zero-order valence-corrected chi connectivity index (χ0v) is 18.1. The average Bonchev–Trinajstić information content (AvgIpc) is 2.56. The minimum atomic E-state index is -0.955. The first-order valence-electron chi connectivity index (χ1n) is 9.29. The van der Waals surface area contributed by atoms with Gasteiger partial charge in [0.05, 0.1) is 18.1 Å². The summed E-state index contributed by atoms with van der Waals surface area (Å²) in [7, 11) is 5.62. The Balaban J connectivity index is 0.00000364. The molecular formula is C21H34ClNO4. The lowest BCUT2D eigenvalue weighted by Crippen LogP contribution is -2.47. The summed E-state index contributed by atoms with van der Waals surface area (Å²) in [5.74, 6) is 0.523. The normalized spacial score (nSPS) is 25.6. The van der Waals surface area contributed by atoms with Crippen LogP contribution < -0.4 is 4.74 Å². The summed E-state index contributed by atoms with van der Waals surface area (Å²) in [6.07, 6.45) is 1.70. The minimum absolute atomic E-state index is 0. The summed E-state index contributed by atoms with van der Waals surface area (Å²) in [6.45, 7) is 6.31. The van der Waals surface area contributed by atoms with Crippen molar-refractivity contribution in [3.63, 3.8) is 0 Å². The van der Waals surface area contributed by atoms with Gasteiger partial charge in [0, 0.05) is 12.5 Å². The highest BCUT2D eigenvalue weighted by Gasteiger charge is 2.45. The van der Waals surface area contributed by atoms with E-state index in [1.807, 2.05) is 59.1 Å². The van der Waals surface area contributed by atoms with Gasteiger partial charge in [0.1, 0.15) is 11.9 Å². The van der Waals surface area contributed by atoms with Gasteiger partial charge in [-0.1, -0.05) is 12.1 Å². The lowest BCUT2D eigenvalue weighted by molar-refractivity contribution is -0.167. The fourth-order valence-corrected chi connectivity index (χ4v) is 3.59. The second-order valence-corrected chi connectivity index (χ2v) is 8.67. The summed E-state index contributed by atoms with van der Waals surface area (Å²) in [5, 5.41) is 11.6. The van der Waals surface area contributed by atoms with Crippen molar-refractivity contribution >= 4 is 18.4 Å². The van der Waals surface area contributed by atoms with Crippen LogP contribution in [0.1, 0.15) is 45.6 Å². The van der Waals surface area contributed by atoms with Gasteiger partial charge in [-0.3, -0.25) is 4.79 Å². The molecule has 0 amide bonds. The van der Waals surface area contributed by atoms with Gasteiger partial charge in [0.2, 0.25) is 0 Å². The zero-order chi connectivity index (χ0) is 19.5. The van der Waals surface area contributed by atoms with Crippen LogP contribution in [0.4, 0.5) is 0 Å². The Morgan fingerprint density at radius 1 is 1.33 bits per heavy atom. The molecule has 0 heterocycles. The molecule has 1 aromatic carbocycles.